The van der Waals surface area contributed by atoms with E-state index in [9.17, 15) is 0 Å². The van der Waals surface area contributed by atoms with Gasteiger partial charge in [-0.3, -0.25) is 0 Å². The van der Waals surface area contributed by atoms with E-state index in [2.05, 4.69) is 5.32 Å². The zero-order valence-electron chi connectivity index (χ0n) is 10.4. The van der Waals surface area contributed by atoms with Crippen LogP contribution in [0.5, 0.6) is 5.75 Å². The summed E-state index contributed by atoms with van der Waals surface area (Å²) in [5.74, 6) is 0.859. The molecule has 0 amide bonds. The van der Waals surface area contributed by atoms with Crippen molar-refractivity contribution in [2.45, 2.75) is 18.9 Å². The van der Waals surface area contributed by atoms with Gasteiger partial charge in [-0.15, -0.1) is 0 Å². The van der Waals surface area contributed by atoms with Gasteiger partial charge in [0.15, 0.2) is 0 Å². The molecule has 0 aliphatic heterocycles. The quantitative estimate of drug-likeness (QED) is 0.592. The molecule has 0 radical (unpaired) electrons. The third-order valence-corrected chi connectivity index (χ3v) is 2.73. The second kappa shape index (κ2) is 8.06. The van der Waals surface area contributed by atoms with Crippen molar-refractivity contribution in [3.05, 3.63) is 29.8 Å². The summed E-state index contributed by atoms with van der Waals surface area (Å²) in [6, 6.07) is 7.99. The van der Waals surface area contributed by atoms with Crippen molar-refractivity contribution in [1.29, 1.82) is 0 Å². The van der Waals surface area contributed by atoms with Crippen molar-refractivity contribution in [3.63, 3.8) is 0 Å². The van der Waals surface area contributed by atoms with Crippen LogP contribution in [0.25, 0.3) is 0 Å². The molecule has 17 heavy (non-hydrogen) atoms. The van der Waals surface area contributed by atoms with Crippen molar-refractivity contribution >= 4 is 0 Å². The number of aliphatic hydroxyl groups is 1. The van der Waals surface area contributed by atoms with E-state index in [1.807, 2.05) is 24.3 Å². The molecule has 0 spiro atoms. The SMILES string of the molecule is COc1ccccc1C(CN)NCCCCO. The first-order valence-corrected chi connectivity index (χ1v) is 6.00. The van der Waals surface area contributed by atoms with Gasteiger partial charge in [0.25, 0.3) is 0 Å². The predicted molar refractivity (Wildman–Crippen MR) is 69.1 cm³/mol. The van der Waals surface area contributed by atoms with Gasteiger partial charge in [0, 0.05) is 24.8 Å². The van der Waals surface area contributed by atoms with E-state index in [1.165, 1.54) is 0 Å². The van der Waals surface area contributed by atoms with E-state index in [0.717, 1.165) is 30.7 Å². The summed E-state index contributed by atoms with van der Waals surface area (Å²) in [5.41, 5.74) is 6.86. The predicted octanol–water partition coefficient (Wildman–Crippen LogP) is 1.06. The van der Waals surface area contributed by atoms with E-state index < -0.39 is 0 Å². The molecule has 1 aromatic rings. The zero-order chi connectivity index (χ0) is 12.5. The van der Waals surface area contributed by atoms with Gasteiger partial charge in [0.2, 0.25) is 0 Å². The highest BCUT2D eigenvalue weighted by Gasteiger charge is 2.12. The summed E-state index contributed by atoms with van der Waals surface area (Å²) in [6.45, 7) is 1.61. The van der Waals surface area contributed by atoms with Crippen molar-refractivity contribution in [3.8, 4) is 5.75 Å². The van der Waals surface area contributed by atoms with Crippen LogP contribution in [0.15, 0.2) is 24.3 Å². The number of rotatable bonds is 8. The summed E-state index contributed by atoms with van der Waals surface area (Å²) < 4.78 is 5.32. The van der Waals surface area contributed by atoms with Crippen LogP contribution in [0.2, 0.25) is 0 Å². The largest absolute Gasteiger partial charge is 0.496 e. The maximum Gasteiger partial charge on any atom is 0.123 e. The molecule has 0 aliphatic carbocycles. The average Bonchev–Trinajstić information content (AvgIpc) is 2.39. The third kappa shape index (κ3) is 4.34. The van der Waals surface area contributed by atoms with E-state index in [0.29, 0.717) is 6.54 Å². The first kappa shape index (κ1) is 14.0. The smallest absolute Gasteiger partial charge is 0.123 e. The lowest BCUT2D eigenvalue weighted by Crippen LogP contribution is -2.29. The second-order valence-electron chi connectivity index (χ2n) is 3.92. The van der Waals surface area contributed by atoms with Gasteiger partial charge in [-0.2, -0.15) is 0 Å². The number of hydrogen-bond donors (Lipinski definition) is 3. The van der Waals surface area contributed by atoms with Gasteiger partial charge in [-0.25, -0.2) is 0 Å². The van der Waals surface area contributed by atoms with E-state index in [-0.39, 0.29) is 12.6 Å². The van der Waals surface area contributed by atoms with Gasteiger partial charge in [0.05, 0.1) is 7.11 Å². The zero-order valence-corrected chi connectivity index (χ0v) is 10.4. The molecule has 0 saturated carbocycles. The standard InChI is InChI=1S/C13H22N2O2/c1-17-13-7-3-2-6-11(13)12(10-14)15-8-4-5-9-16/h2-3,6-7,12,15-16H,4-5,8-10,14H2,1H3. The van der Waals surface area contributed by atoms with Crippen LogP contribution in [0.4, 0.5) is 0 Å². The Kier molecular flexibility index (Phi) is 6.62. The lowest BCUT2D eigenvalue weighted by atomic mass is 10.1. The molecule has 1 rings (SSSR count). The van der Waals surface area contributed by atoms with E-state index in [1.54, 1.807) is 7.11 Å². The van der Waals surface area contributed by atoms with Crippen LogP contribution in [-0.4, -0.2) is 31.9 Å². The highest BCUT2D eigenvalue weighted by atomic mass is 16.5. The number of methoxy groups -OCH3 is 1. The number of ether oxygens (including phenoxy) is 1. The van der Waals surface area contributed by atoms with Gasteiger partial charge in [-0.1, -0.05) is 18.2 Å². The van der Waals surface area contributed by atoms with Crippen molar-refractivity contribution in [2.24, 2.45) is 5.73 Å². The third-order valence-electron chi connectivity index (χ3n) is 2.73. The molecule has 1 aromatic carbocycles. The Labute approximate surface area is 103 Å². The van der Waals surface area contributed by atoms with Gasteiger partial charge in [-0.05, 0) is 25.5 Å². The number of hydrogen-bond acceptors (Lipinski definition) is 4. The van der Waals surface area contributed by atoms with Gasteiger partial charge >= 0.3 is 0 Å². The van der Waals surface area contributed by atoms with Crippen molar-refractivity contribution in [1.82, 2.24) is 5.32 Å². The maximum atomic E-state index is 8.72. The normalized spacial score (nSPS) is 12.4. The summed E-state index contributed by atoms with van der Waals surface area (Å²) in [6.07, 6.45) is 1.76. The molecule has 0 aromatic heterocycles. The van der Waals surface area contributed by atoms with Crippen LogP contribution in [0.1, 0.15) is 24.4 Å². The summed E-state index contributed by atoms with van der Waals surface area (Å²) in [7, 11) is 1.66. The molecule has 4 N–H and O–H groups in total. The molecule has 96 valence electrons. The van der Waals surface area contributed by atoms with E-state index in [4.69, 9.17) is 15.6 Å². The van der Waals surface area contributed by atoms with Crippen molar-refractivity contribution < 1.29 is 9.84 Å². The van der Waals surface area contributed by atoms with E-state index >= 15 is 0 Å². The Morgan fingerprint density at radius 3 is 2.76 bits per heavy atom. The van der Waals surface area contributed by atoms with Crippen LogP contribution in [0, 0.1) is 0 Å². The number of benzene rings is 1. The summed E-state index contributed by atoms with van der Waals surface area (Å²) in [4.78, 5) is 0. The Hall–Kier alpha value is -1.10. The first-order valence-electron chi connectivity index (χ1n) is 6.00. The lowest BCUT2D eigenvalue weighted by Gasteiger charge is -2.19. The second-order valence-corrected chi connectivity index (χ2v) is 3.92. The fourth-order valence-electron chi connectivity index (χ4n) is 1.79. The minimum Gasteiger partial charge on any atom is -0.496 e. The van der Waals surface area contributed by atoms with Crippen molar-refractivity contribution in [2.75, 3.05) is 26.8 Å². The Bertz CT molecular complexity index is 318. The molecule has 4 nitrogen and oxygen atoms in total. The minimum atomic E-state index is 0.102. The number of nitrogens with two attached hydrogens (primary N) is 1. The maximum absolute atomic E-state index is 8.72. The molecule has 0 aliphatic rings. The molecule has 1 atom stereocenters. The lowest BCUT2D eigenvalue weighted by molar-refractivity contribution is 0.282. The average molecular weight is 238 g/mol. The Morgan fingerprint density at radius 1 is 1.35 bits per heavy atom. The molecule has 0 fully saturated rings. The van der Waals surface area contributed by atoms with Crippen LogP contribution in [0.3, 0.4) is 0 Å². The Balaban J connectivity index is 2.59. The molecule has 4 heteroatoms. The number of nitrogens with one attached hydrogen (secondary N) is 1. The van der Waals surface area contributed by atoms with Crippen LogP contribution < -0.4 is 15.8 Å². The highest BCUT2D eigenvalue weighted by molar-refractivity contribution is 5.36. The Morgan fingerprint density at radius 2 is 2.12 bits per heavy atom. The summed E-state index contributed by atoms with van der Waals surface area (Å²) in [5, 5.41) is 12.1. The topological polar surface area (TPSA) is 67.5 Å². The number of para-hydroxylation sites is 1. The monoisotopic (exact) mass is 238 g/mol. The fourth-order valence-corrected chi connectivity index (χ4v) is 1.79. The molecular weight excluding hydrogens is 216 g/mol. The molecule has 0 saturated heterocycles. The molecular formula is C13H22N2O2. The van der Waals surface area contributed by atoms with Gasteiger partial charge < -0.3 is 20.9 Å². The number of unbranched alkanes of at least 4 members (excludes halogenated alkanes) is 1. The van der Waals surface area contributed by atoms with Crippen LogP contribution in [-0.2, 0) is 0 Å². The summed E-state index contributed by atoms with van der Waals surface area (Å²) >= 11 is 0. The van der Waals surface area contributed by atoms with Crippen LogP contribution >= 0.6 is 0 Å². The minimum absolute atomic E-state index is 0.102. The molecule has 0 heterocycles. The molecule has 1 unspecified atom stereocenters. The number of aliphatic hydroxyl groups excluding tert-OH is 1. The highest BCUT2D eigenvalue weighted by Crippen LogP contribution is 2.23. The van der Waals surface area contributed by atoms with Gasteiger partial charge in [0.1, 0.15) is 5.75 Å². The first-order chi connectivity index (χ1) is 8.33. The molecule has 0 bridgehead atoms. The fraction of sp³-hybridized carbons (Fsp3) is 0.538.